The Bertz CT molecular complexity index is 2090. The molecule has 3 atom stereocenters. The number of ether oxygens (including phenoxy) is 3. The van der Waals surface area contributed by atoms with E-state index in [9.17, 15) is 14.7 Å². The number of nitrogens with one attached hydrogen (secondary N) is 2. The van der Waals surface area contributed by atoms with Crippen molar-refractivity contribution in [1.29, 1.82) is 0 Å². The molecule has 1 aliphatic carbocycles. The number of carbonyl (C=O) groups excluding carboxylic acids is 1. The Morgan fingerprint density at radius 2 is 1.71 bits per heavy atom. The number of halogens is 2. The highest BCUT2D eigenvalue weighted by molar-refractivity contribution is 6.36. The molecule has 13 heteroatoms. The molecule has 2 aliphatic heterocycles. The molecule has 1 amide bonds. The van der Waals surface area contributed by atoms with Crippen LogP contribution >= 0.6 is 23.2 Å². The van der Waals surface area contributed by atoms with Gasteiger partial charge in [-0.25, -0.2) is 4.98 Å². The highest BCUT2D eigenvalue weighted by atomic mass is 35.5. The Hall–Kier alpha value is -4.42. The predicted molar refractivity (Wildman–Crippen MR) is 212 cm³/mol. The second-order valence-electron chi connectivity index (χ2n) is 15.3. The number of nitrogens with zero attached hydrogens (tertiary/aromatic N) is 3. The highest BCUT2D eigenvalue weighted by Gasteiger charge is 2.40. The average molecular weight is 789 g/mol. The van der Waals surface area contributed by atoms with Crippen LogP contribution in [-0.4, -0.2) is 71.7 Å². The Kier molecular flexibility index (Phi) is 11.6. The van der Waals surface area contributed by atoms with Crippen LogP contribution in [0.3, 0.4) is 0 Å². The second kappa shape index (κ2) is 16.4. The number of likely N-dealkylation sites (tertiary alicyclic amines) is 1. The monoisotopic (exact) mass is 787 g/mol. The number of fused-ring (bicyclic) bond motifs is 1. The fraction of sp³-hybridized carbons (Fsp3) is 0.429. The van der Waals surface area contributed by atoms with Crippen LogP contribution < -0.4 is 24.8 Å². The quantitative estimate of drug-likeness (QED) is 0.125. The van der Waals surface area contributed by atoms with E-state index >= 15 is 0 Å². The molecule has 3 aliphatic rings. The maximum atomic E-state index is 12.0. The van der Waals surface area contributed by atoms with Gasteiger partial charge in [-0.3, -0.25) is 14.5 Å². The molecule has 0 bridgehead atoms. The van der Waals surface area contributed by atoms with Crippen molar-refractivity contribution in [1.82, 2.24) is 25.5 Å². The van der Waals surface area contributed by atoms with Gasteiger partial charge in [-0.2, -0.15) is 4.98 Å². The lowest BCUT2D eigenvalue weighted by Gasteiger charge is -2.41. The lowest BCUT2D eigenvalue weighted by atomic mass is 9.73. The predicted octanol–water partition coefficient (Wildman–Crippen LogP) is 7.50. The van der Waals surface area contributed by atoms with Crippen LogP contribution in [0, 0.1) is 11.3 Å². The standard InChI is InChI=1S/C42H47Cl2N5O6/c1-42(2)17-18-49(23-32(42)41(51)52)22-25-19-33(43)40(48-39(25)54-4)55-35-15-13-28-27(7-5-8-29(28)35)30-9-6-10-31(37(30)44)34-14-11-24(38(47-34)53-3)20-45-21-26-12-16-36(50)46-26/h5-11,14,19,26,32,35,45H,12-13,15-18,20-23H2,1-4H3,(H,46,50)(H,51,52)/t26-,32?,35-/m0/s1. The normalized spacial score (nSPS) is 20.5. The molecule has 0 radical (unpaired) electrons. The number of hydrogen-bond acceptors (Lipinski definition) is 9. The van der Waals surface area contributed by atoms with E-state index in [0.717, 1.165) is 71.2 Å². The van der Waals surface area contributed by atoms with Crippen molar-refractivity contribution in [2.24, 2.45) is 11.3 Å². The fourth-order valence-corrected chi connectivity index (χ4v) is 8.63. The van der Waals surface area contributed by atoms with Crippen molar-refractivity contribution >= 4 is 35.1 Å². The first-order valence-corrected chi connectivity index (χ1v) is 19.5. The number of benzene rings is 2. The van der Waals surface area contributed by atoms with E-state index in [1.165, 1.54) is 0 Å². The first kappa shape index (κ1) is 38.8. The molecular formula is C42H47Cl2N5O6. The molecule has 3 N–H and O–H groups in total. The van der Waals surface area contributed by atoms with Gasteiger partial charge in [-0.05, 0) is 66.5 Å². The molecule has 290 valence electrons. The fourth-order valence-electron chi connectivity index (χ4n) is 8.09. The zero-order chi connectivity index (χ0) is 38.9. The van der Waals surface area contributed by atoms with E-state index in [4.69, 9.17) is 47.4 Å². The van der Waals surface area contributed by atoms with Crippen molar-refractivity contribution in [3.05, 3.63) is 86.9 Å². The van der Waals surface area contributed by atoms with Crippen LogP contribution in [0.2, 0.25) is 10.0 Å². The Balaban J connectivity index is 1.08. The maximum Gasteiger partial charge on any atom is 0.308 e. The largest absolute Gasteiger partial charge is 0.481 e. The molecule has 4 aromatic rings. The van der Waals surface area contributed by atoms with Gasteiger partial charge in [-0.15, -0.1) is 0 Å². The number of aromatic nitrogens is 2. The molecule has 2 aromatic heterocycles. The maximum absolute atomic E-state index is 12.0. The number of carbonyl (C=O) groups is 2. The third-order valence-corrected chi connectivity index (χ3v) is 12.0. The number of aliphatic carboxylic acids is 1. The minimum absolute atomic E-state index is 0.0989. The molecule has 55 heavy (non-hydrogen) atoms. The zero-order valence-electron chi connectivity index (χ0n) is 31.6. The van der Waals surface area contributed by atoms with Gasteiger partial charge >= 0.3 is 5.97 Å². The first-order valence-electron chi connectivity index (χ1n) is 18.8. The molecular weight excluding hydrogens is 741 g/mol. The summed E-state index contributed by atoms with van der Waals surface area (Å²) in [6.07, 6.45) is 3.40. The first-order chi connectivity index (χ1) is 26.4. The topological polar surface area (TPSA) is 135 Å². The summed E-state index contributed by atoms with van der Waals surface area (Å²) in [6, 6.07) is 18.1. The summed E-state index contributed by atoms with van der Waals surface area (Å²) in [6.45, 7) is 6.94. The zero-order valence-corrected chi connectivity index (χ0v) is 33.1. The molecule has 11 nitrogen and oxygen atoms in total. The van der Waals surface area contributed by atoms with Crippen LogP contribution in [-0.2, 0) is 29.1 Å². The molecule has 2 fully saturated rings. The number of rotatable bonds is 13. The number of hydrogen-bond donors (Lipinski definition) is 3. The number of methoxy groups -OCH3 is 2. The minimum atomic E-state index is -0.780. The number of amides is 1. The summed E-state index contributed by atoms with van der Waals surface area (Å²) in [5, 5.41) is 17.2. The van der Waals surface area contributed by atoms with E-state index in [0.29, 0.717) is 60.1 Å². The van der Waals surface area contributed by atoms with Gasteiger partial charge < -0.3 is 30.0 Å². The van der Waals surface area contributed by atoms with Gasteiger partial charge in [0.15, 0.2) is 0 Å². The Morgan fingerprint density at radius 3 is 2.45 bits per heavy atom. The van der Waals surface area contributed by atoms with Crippen molar-refractivity contribution < 1.29 is 28.9 Å². The summed E-state index contributed by atoms with van der Waals surface area (Å²) in [5.41, 5.74) is 7.03. The van der Waals surface area contributed by atoms with Gasteiger partial charge in [0.1, 0.15) is 11.1 Å². The third-order valence-electron chi connectivity index (χ3n) is 11.3. The van der Waals surface area contributed by atoms with Crippen LogP contribution in [0.1, 0.15) is 67.9 Å². The molecule has 0 saturated carbocycles. The van der Waals surface area contributed by atoms with Gasteiger partial charge in [0, 0.05) is 60.9 Å². The van der Waals surface area contributed by atoms with Crippen LogP contribution in [0.5, 0.6) is 17.6 Å². The van der Waals surface area contributed by atoms with Crippen molar-refractivity contribution in [2.75, 3.05) is 33.9 Å². The smallest absolute Gasteiger partial charge is 0.308 e. The molecule has 4 heterocycles. The van der Waals surface area contributed by atoms with Gasteiger partial charge in [0.2, 0.25) is 23.5 Å². The summed E-state index contributed by atoms with van der Waals surface area (Å²) in [7, 11) is 3.17. The van der Waals surface area contributed by atoms with E-state index in [1.807, 2.05) is 56.3 Å². The number of carboxylic acids is 1. The summed E-state index contributed by atoms with van der Waals surface area (Å²) >= 11 is 14.0. The summed E-state index contributed by atoms with van der Waals surface area (Å²) in [5.74, 6) is 0.0572. The average Bonchev–Trinajstić information content (AvgIpc) is 3.78. The number of pyridine rings is 2. The van der Waals surface area contributed by atoms with Gasteiger partial charge in [-0.1, -0.05) is 79.5 Å². The van der Waals surface area contributed by atoms with E-state index < -0.39 is 11.9 Å². The lowest BCUT2D eigenvalue weighted by Crippen LogP contribution is -2.47. The van der Waals surface area contributed by atoms with Gasteiger partial charge in [0.25, 0.3) is 0 Å². The molecule has 0 spiro atoms. The lowest BCUT2D eigenvalue weighted by molar-refractivity contribution is -0.149. The van der Waals surface area contributed by atoms with Crippen molar-refractivity contribution in [2.45, 2.75) is 71.2 Å². The third kappa shape index (κ3) is 8.26. The van der Waals surface area contributed by atoms with Crippen LogP contribution in [0.4, 0.5) is 0 Å². The van der Waals surface area contributed by atoms with Crippen molar-refractivity contribution in [3.8, 4) is 40.0 Å². The highest BCUT2D eigenvalue weighted by Crippen LogP contribution is 2.45. The number of piperidine rings is 1. The Morgan fingerprint density at radius 1 is 0.964 bits per heavy atom. The molecule has 7 rings (SSSR count). The molecule has 2 aromatic carbocycles. The Labute approximate surface area is 331 Å². The summed E-state index contributed by atoms with van der Waals surface area (Å²) in [4.78, 5) is 35.2. The molecule has 1 unspecified atom stereocenters. The van der Waals surface area contributed by atoms with E-state index in [1.54, 1.807) is 14.2 Å². The van der Waals surface area contributed by atoms with Gasteiger partial charge in [0.05, 0.1) is 30.9 Å². The number of carboxylic acid groups (broad SMARTS) is 1. The minimum Gasteiger partial charge on any atom is -0.481 e. The SMILES string of the molecule is COc1nc(-c2cccc(-c3cccc4c3CC[C@@H]4Oc3nc(OC)c(CN4CCC(C)(C)C(C(=O)O)C4)cc3Cl)c2Cl)ccc1CNC[C@@H]1CCC(=O)N1. The molecule has 2 saturated heterocycles. The summed E-state index contributed by atoms with van der Waals surface area (Å²) < 4.78 is 17.9. The van der Waals surface area contributed by atoms with Crippen LogP contribution in [0.15, 0.2) is 54.6 Å². The van der Waals surface area contributed by atoms with Crippen LogP contribution in [0.25, 0.3) is 22.4 Å². The van der Waals surface area contributed by atoms with Crippen molar-refractivity contribution in [3.63, 3.8) is 0 Å². The second-order valence-corrected chi connectivity index (χ2v) is 16.1. The van der Waals surface area contributed by atoms with E-state index in [-0.39, 0.29) is 29.3 Å². The van der Waals surface area contributed by atoms with E-state index in [2.05, 4.69) is 27.7 Å².